The number of carboxylic acid groups (broad SMARTS) is 1. The molecule has 0 aliphatic heterocycles. The third-order valence-electron chi connectivity index (χ3n) is 4.17. The van der Waals surface area contributed by atoms with Crippen molar-refractivity contribution in [3.05, 3.63) is 71.3 Å². The van der Waals surface area contributed by atoms with E-state index < -0.39 is 11.4 Å². The van der Waals surface area contributed by atoms with Crippen molar-refractivity contribution in [3.8, 4) is 0 Å². The first kappa shape index (κ1) is 16.7. The van der Waals surface area contributed by atoms with Crippen molar-refractivity contribution in [2.45, 2.75) is 25.7 Å². The second kappa shape index (κ2) is 7.09. The highest BCUT2D eigenvalue weighted by atomic mass is 16.4. The molecule has 4 heteroatoms. The summed E-state index contributed by atoms with van der Waals surface area (Å²) in [5.41, 5.74) is 1.09. The zero-order valence-electron chi connectivity index (χ0n) is 13.4. The van der Waals surface area contributed by atoms with Gasteiger partial charge in [-0.15, -0.1) is 0 Å². The van der Waals surface area contributed by atoms with E-state index in [1.54, 1.807) is 24.3 Å². The first-order chi connectivity index (χ1) is 11.0. The summed E-state index contributed by atoms with van der Waals surface area (Å²) in [6.45, 7) is 3.78. The predicted octanol–water partition coefficient (Wildman–Crippen LogP) is 3.16. The molecule has 1 unspecified atom stereocenters. The number of carboxylic acids is 1. The highest BCUT2D eigenvalue weighted by Crippen LogP contribution is 2.28. The number of aryl methyl sites for hydroxylation is 1. The van der Waals surface area contributed by atoms with Crippen LogP contribution in [0, 0.1) is 6.92 Å². The largest absolute Gasteiger partial charge is 0.481 e. The van der Waals surface area contributed by atoms with Gasteiger partial charge in [0, 0.05) is 12.1 Å². The summed E-state index contributed by atoms with van der Waals surface area (Å²) < 4.78 is 0. The van der Waals surface area contributed by atoms with Crippen LogP contribution in [0.2, 0.25) is 0 Å². The molecule has 0 aromatic heterocycles. The zero-order valence-corrected chi connectivity index (χ0v) is 13.4. The third kappa shape index (κ3) is 3.59. The molecular weight excluding hydrogens is 290 g/mol. The number of carbonyl (C=O) groups excluding carboxylic acids is 1. The van der Waals surface area contributed by atoms with Crippen molar-refractivity contribution in [1.82, 2.24) is 5.32 Å². The second-order valence-corrected chi connectivity index (χ2v) is 5.66. The Balaban J connectivity index is 2.23. The van der Waals surface area contributed by atoms with Crippen LogP contribution in [0.3, 0.4) is 0 Å². The Morgan fingerprint density at radius 3 is 2.35 bits per heavy atom. The lowest BCUT2D eigenvalue weighted by Crippen LogP contribution is -2.46. The fraction of sp³-hybridized carbons (Fsp3) is 0.263. The van der Waals surface area contributed by atoms with E-state index in [9.17, 15) is 14.7 Å². The fourth-order valence-electron chi connectivity index (χ4n) is 2.66. The van der Waals surface area contributed by atoms with Gasteiger partial charge in [-0.2, -0.15) is 0 Å². The van der Waals surface area contributed by atoms with E-state index in [0.717, 1.165) is 5.56 Å². The highest BCUT2D eigenvalue weighted by molar-refractivity contribution is 5.95. The molecule has 1 atom stereocenters. The van der Waals surface area contributed by atoms with Crippen molar-refractivity contribution in [2.24, 2.45) is 0 Å². The Labute approximate surface area is 136 Å². The van der Waals surface area contributed by atoms with Crippen molar-refractivity contribution < 1.29 is 14.7 Å². The second-order valence-electron chi connectivity index (χ2n) is 5.66. The standard InChI is InChI=1S/C19H21NO3/c1-3-19(18(22)23,16-10-5-4-6-11-16)13-20-17(21)15-9-7-8-14(2)12-15/h4-12H,3,13H2,1-2H3,(H,20,21)(H,22,23). The molecule has 23 heavy (non-hydrogen) atoms. The van der Waals surface area contributed by atoms with Crippen LogP contribution in [0.15, 0.2) is 54.6 Å². The molecule has 0 spiro atoms. The Bertz CT molecular complexity index is 697. The summed E-state index contributed by atoms with van der Waals surface area (Å²) >= 11 is 0. The number of hydrogen-bond donors (Lipinski definition) is 2. The molecule has 0 radical (unpaired) electrons. The molecule has 2 rings (SSSR count). The maximum absolute atomic E-state index is 12.3. The molecule has 1 amide bonds. The van der Waals surface area contributed by atoms with Gasteiger partial charge in [0.2, 0.25) is 0 Å². The normalized spacial score (nSPS) is 13.1. The van der Waals surface area contributed by atoms with Gasteiger partial charge in [0.05, 0.1) is 0 Å². The first-order valence-corrected chi connectivity index (χ1v) is 7.63. The van der Waals surface area contributed by atoms with Gasteiger partial charge < -0.3 is 10.4 Å². The monoisotopic (exact) mass is 311 g/mol. The van der Waals surface area contributed by atoms with Gasteiger partial charge in [0.1, 0.15) is 5.41 Å². The van der Waals surface area contributed by atoms with Crippen molar-refractivity contribution in [2.75, 3.05) is 6.54 Å². The minimum absolute atomic E-state index is 0.0512. The van der Waals surface area contributed by atoms with Crippen LogP contribution in [0.25, 0.3) is 0 Å². The van der Waals surface area contributed by atoms with Gasteiger partial charge in [-0.1, -0.05) is 55.0 Å². The van der Waals surface area contributed by atoms with E-state index in [1.807, 2.05) is 44.2 Å². The molecule has 2 N–H and O–H groups in total. The van der Waals surface area contributed by atoms with Crippen molar-refractivity contribution >= 4 is 11.9 Å². The minimum atomic E-state index is -1.12. The SMILES string of the molecule is CCC(CNC(=O)c1cccc(C)c1)(C(=O)O)c1ccccc1. The Morgan fingerprint density at radius 2 is 1.78 bits per heavy atom. The molecule has 0 fully saturated rings. The zero-order chi connectivity index (χ0) is 16.9. The molecule has 0 saturated heterocycles. The molecule has 2 aromatic rings. The number of benzene rings is 2. The van der Waals surface area contributed by atoms with E-state index in [1.165, 1.54) is 0 Å². The smallest absolute Gasteiger partial charge is 0.315 e. The van der Waals surface area contributed by atoms with E-state index in [0.29, 0.717) is 17.5 Å². The summed E-state index contributed by atoms with van der Waals surface area (Å²) in [5, 5.41) is 12.5. The van der Waals surface area contributed by atoms with Crippen molar-refractivity contribution in [3.63, 3.8) is 0 Å². The quantitative estimate of drug-likeness (QED) is 0.861. The first-order valence-electron chi connectivity index (χ1n) is 7.63. The maximum atomic E-state index is 12.3. The molecule has 4 nitrogen and oxygen atoms in total. The Hall–Kier alpha value is -2.62. The van der Waals surface area contributed by atoms with Crippen LogP contribution in [-0.2, 0) is 10.2 Å². The Kier molecular flexibility index (Phi) is 5.16. The number of hydrogen-bond acceptors (Lipinski definition) is 2. The van der Waals surface area contributed by atoms with Gasteiger partial charge in [-0.05, 0) is 31.0 Å². The lowest BCUT2D eigenvalue weighted by Gasteiger charge is -2.29. The lowest BCUT2D eigenvalue weighted by molar-refractivity contribution is -0.143. The molecule has 0 aliphatic rings. The van der Waals surface area contributed by atoms with Crippen molar-refractivity contribution in [1.29, 1.82) is 0 Å². The summed E-state index contributed by atoms with van der Waals surface area (Å²) in [6.07, 6.45) is 0.389. The molecular formula is C19H21NO3. The summed E-state index contributed by atoms with van der Waals surface area (Å²) in [4.78, 5) is 24.2. The fourth-order valence-corrected chi connectivity index (χ4v) is 2.66. The van der Waals surface area contributed by atoms with Crippen LogP contribution < -0.4 is 5.32 Å². The van der Waals surface area contributed by atoms with Crippen LogP contribution >= 0.6 is 0 Å². The minimum Gasteiger partial charge on any atom is -0.481 e. The van der Waals surface area contributed by atoms with Crippen LogP contribution in [0.1, 0.15) is 34.8 Å². The maximum Gasteiger partial charge on any atom is 0.315 e. The number of carbonyl (C=O) groups is 2. The number of rotatable bonds is 6. The van der Waals surface area contributed by atoms with Gasteiger partial charge in [0.25, 0.3) is 5.91 Å². The van der Waals surface area contributed by atoms with E-state index >= 15 is 0 Å². The number of nitrogens with one attached hydrogen (secondary N) is 1. The topological polar surface area (TPSA) is 66.4 Å². The molecule has 2 aromatic carbocycles. The summed E-state index contributed by atoms with van der Waals surface area (Å²) in [7, 11) is 0. The van der Waals surface area contributed by atoms with E-state index in [2.05, 4.69) is 5.32 Å². The van der Waals surface area contributed by atoms with Gasteiger partial charge in [-0.3, -0.25) is 9.59 Å². The van der Waals surface area contributed by atoms with Crippen LogP contribution in [0.5, 0.6) is 0 Å². The molecule has 0 aliphatic carbocycles. The predicted molar refractivity (Wildman–Crippen MR) is 89.6 cm³/mol. The molecule has 0 saturated carbocycles. The Morgan fingerprint density at radius 1 is 1.09 bits per heavy atom. The van der Waals surface area contributed by atoms with E-state index in [-0.39, 0.29) is 12.5 Å². The molecule has 120 valence electrons. The van der Waals surface area contributed by atoms with Gasteiger partial charge in [-0.25, -0.2) is 0 Å². The average molecular weight is 311 g/mol. The number of aliphatic carboxylic acids is 1. The van der Waals surface area contributed by atoms with Gasteiger partial charge in [0.15, 0.2) is 0 Å². The van der Waals surface area contributed by atoms with Gasteiger partial charge >= 0.3 is 5.97 Å². The molecule has 0 bridgehead atoms. The number of amides is 1. The van der Waals surface area contributed by atoms with E-state index in [4.69, 9.17) is 0 Å². The lowest BCUT2D eigenvalue weighted by atomic mass is 9.78. The summed E-state index contributed by atoms with van der Waals surface area (Å²) in [5.74, 6) is -1.19. The third-order valence-corrected chi connectivity index (χ3v) is 4.17. The van der Waals surface area contributed by atoms with Crippen LogP contribution in [0.4, 0.5) is 0 Å². The average Bonchev–Trinajstić information content (AvgIpc) is 2.56. The molecule has 0 heterocycles. The summed E-state index contributed by atoms with van der Waals surface area (Å²) in [6, 6.07) is 16.3. The van der Waals surface area contributed by atoms with Crippen LogP contribution in [-0.4, -0.2) is 23.5 Å². The highest BCUT2D eigenvalue weighted by Gasteiger charge is 2.39.